The van der Waals surface area contributed by atoms with Gasteiger partial charge in [0.05, 0.1) is 24.5 Å². The van der Waals surface area contributed by atoms with Crippen molar-refractivity contribution < 1.29 is 23.0 Å². The van der Waals surface area contributed by atoms with Crippen molar-refractivity contribution in [3.63, 3.8) is 0 Å². The Morgan fingerprint density at radius 3 is 2.38 bits per heavy atom. The van der Waals surface area contributed by atoms with E-state index in [-0.39, 0.29) is 15.4 Å². The van der Waals surface area contributed by atoms with Crippen LogP contribution in [0.5, 0.6) is 11.5 Å². The lowest BCUT2D eigenvalue weighted by molar-refractivity contribution is 0.103. The lowest BCUT2D eigenvalue weighted by Gasteiger charge is -2.12. The number of carbonyl (C=O) groups is 1. The molecule has 0 saturated carbocycles. The van der Waals surface area contributed by atoms with E-state index in [1.165, 1.54) is 6.07 Å². The smallest absolute Gasteiger partial charge is 0.267 e. The van der Waals surface area contributed by atoms with Gasteiger partial charge in [0.25, 0.3) is 5.91 Å². The molecule has 0 saturated heterocycles. The first-order valence-electron chi connectivity index (χ1n) is 9.07. The van der Waals surface area contributed by atoms with Crippen molar-refractivity contribution in [2.45, 2.75) is 20.8 Å². The quantitative estimate of drug-likeness (QED) is 0.555. The highest BCUT2D eigenvalue weighted by molar-refractivity contribution is 7.17. The van der Waals surface area contributed by atoms with Gasteiger partial charge in [-0.3, -0.25) is 4.79 Å². The minimum absolute atomic E-state index is 0.116. The van der Waals surface area contributed by atoms with Gasteiger partial charge in [-0.15, -0.1) is 11.3 Å². The van der Waals surface area contributed by atoms with Gasteiger partial charge < -0.3 is 14.8 Å². The molecule has 0 spiro atoms. The molecule has 152 valence electrons. The molecule has 2 aromatic carbocycles. The third-order valence-electron chi connectivity index (χ3n) is 3.98. The zero-order valence-corrected chi connectivity index (χ0v) is 17.0. The first-order valence-corrected chi connectivity index (χ1v) is 9.89. The second-order valence-electron chi connectivity index (χ2n) is 6.01. The lowest BCUT2D eigenvalue weighted by atomic mass is 10.2. The average Bonchev–Trinajstić information content (AvgIpc) is 3.05. The molecule has 0 aliphatic heterocycles. The second-order valence-corrected chi connectivity index (χ2v) is 7.01. The van der Waals surface area contributed by atoms with Gasteiger partial charge in [-0.1, -0.05) is 6.07 Å². The van der Waals surface area contributed by atoms with Crippen LogP contribution >= 0.6 is 11.3 Å². The van der Waals surface area contributed by atoms with Crippen molar-refractivity contribution in [2.24, 2.45) is 0 Å². The molecule has 1 heterocycles. The Morgan fingerprint density at radius 1 is 1.07 bits per heavy atom. The van der Waals surface area contributed by atoms with Crippen LogP contribution in [-0.4, -0.2) is 24.1 Å². The average molecular weight is 418 g/mol. The second kappa shape index (κ2) is 9.00. The molecular formula is C21H20F2N2O3S. The summed E-state index contributed by atoms with van der Waals surface area (Å²) in [7, 11) is 0. The maximum Gasteiger partial charge on any atom is 0.267 e. The number of amides is 1. The van der Waals surface area contributed by atoms with Gasteiger partial charge in [0.1, 0.15) is 21.5 Å². The van der Waals surface area contributed by atoms with E-state index in [1.54, 1.807) is 25.1 Å². The number of ether oxygens (including phenoxy) is 2. The summed E-state index contributed by atoms with van der Waals surface area (Å²) in [6.45, 7) is 6.28. The van der Waals surface area contributed by atoms with Crippen molar-refractivity contribution in [3.05, 3.63) is 58.6 Å². The molecule has 0 aliphatic rings. The highest BCUT2D eigenvalue weighted by Crippen LogP contribution is 2.34. The zero-order chi connectivity index (χ0) is 21.0. The minimum Gasteiger partial charge on any atom is -0.490 e. The summed E-state index contributed by atoms with van der Waals surface area (Å²) in [6, 6.07) is 8.67. The van der Waals surface area contributed by atoms with Crippen LogP contribution in [0.1, 0.15) is 29.2 Å². The maximum atomic E-state index is 14.0. The van der Waals surface area contributed by atoms with Gasteiger partial charge in [0.15, 0.2) is 11.5 Å². The molecule has 29 heavy (non-hydrogen) atoms. The number of nitrogens with zero attached hydrogens (tertiary/aromatic N) is 1. The third-order valence-corrected chi connectivity index (χ3v) is 5.15. The van der Waals surface area contributed by atoms with Crippen LogP contribution < -0.4 is 14.8 Å². The highest BCUT2D eigenvalue weighted by atomic mass is 32.1. The molecule has 0 bridgehead atoms. The van der Waals surface area contributed by atoms with Crippen LogP contribution in [0.25, 0.3) is 10.6 Å². The Morgan fingerprint density at radius 2 is 1.72 bits per heavy atom. The summed E-state index contributed by atoms with van der Waals surface area (Å²) >= 11 is 0.935. The number of hydrogen-bond acceptors (Lipinski definition) is 5. The van der Waals surface area contributed by atoms with Gasteiger partial charge in [-0.05, 0) is 45.0 Å². The largest absolute Gasteiger partial charge is 0.490 e. The van der Waals surface area contributed by atoms with E-state index in [9.17, 15) is 13.6 Å². The topological polar surface area (TPSA) is 60.5 Å². The molecule has 0 unspecified atom stereocenters. The van der Waals surface area contributed by atoms with E-state index < -0.39 is 17.5 Å². The SMILES string of the molecule is CCOc1ccc(NC(=O)c2sc(-c3c(F)cccc3F)nc2C)cc1OCC. The molecule has 0 radical (unpaired) electrons. The maximum absolute atomic E-state index is 14.0. The molecular weight excluding hydrogens is 398 g/mol. The van der Waals surface area contributed by atoms with Gasteiger partial charge in [-0.25, -0.2) is 13.8 Å². The van der Waals surface area contributed by atoms with E-state index in [4.69, 9.17) is 9.47 Å². The summed E-state index contributed by atoms with van der Waals surface area (Å²) in [4.78, 5) is 17.2. The lowest BCUT2D eigenvalue weighted by Crippen LogP contribution is -2.11. The number of nitrogens with one attached hydrogen (secondary N) is 1. The molecule has 0 atom stereocenters. The van der Waals surface area contributed by atoms with Crippen LogP contribution in [0.4, 0.5) is 14.5 Å². The Balaban J connectivity index is 1.87. The van der Waals surface area contributed by atoms with Crippen LogP contribution in [0.15, 0.2) is 36.4 Å². The summed E-state index contributed by atoms with van der Waals surface area (Å²) in [5, 5.41) is 2.89. The third kappa shape index (κ3) is 4.54. The number of aromatic nitrogens is 1. The number of aryl methyl sites for hydroxylation is 1. The van der Waals surface area contributed by atoms with Gasteiger partial charge in [0.2, 0.25) is 0 Å². The Labute approximate surface area is 171 Å². The fourth-order valence-electron chi connectivity index (χ4n) is 2.73. The first-order chi connectivity index (χ1) is 13.9. The zero-order valence-electron chi connectivity index (χ0n) is 16.2. The van der Waals surface area contributed by atoms with E-state index in [0.717, 1.165) is 23.5 Å². The Hall–Kier alpha value is -3.00. The molecule has 3 rings (SSSR count). The highest BCUT2D eigenvalue weighted by Gasteiger charge is 2.21. The monoisotopic (exact) mass is 418 g/mol. The van der Waals surface area contributed by atoms with Crippen molar-refractivity contribution in [3.8, 4) is 22.1 Å². The molecule has 0 fully saturated rings. The Bertz CT molecular complexity index is 1020. The van der Waals surface area contributed by atoms with Crippen LogP contribution in [0, 0.1) is 18.6 Å². The minimum atomic E-state index is -0.724. The van der Waals surface area contributed by atoms with Crippen LogP contribution in [0.3, 0.4) is 0 Å². The number of halogens is 2. The fourth-order valence-corrected chi connectivity index (χ4v) is 3.74. The number of hydrogen-bond donors (Lipinski definition) is 1. The molecule has 5 nitrogen and oxygen atoms in total. The van der Waals surface area contributed by atoms with E-state index in [2.05, 4.69) is 10.3 Å². The number of carbonyl (C=O) groups excluding carboxylic acids is 1. The van der Waals surface area contributed by atoms with Crippen LogP contribution in [0.2, 0.25) is 0 Å². The van der Waals surface area contributed by atoms with E-state index >= 15 is 0 Å². The van der Waals surface area contributed by atoms with Crippen molar-refractivity contribution in [1.82, 2.24) is 4.98 Å². The van der Waals surface area contributed by atoms with Gasteiger partial charge in [-0.2, -0.15) is 0 Å². The number of rotatable bonds is 7. The molecule has 3 aromatic rings. The van der Waals surface area contributed by atoms with Crippen molar-refractivity contribution in [1.29, 1.82) is 0 Å². The first kappa shape index (κ1) is 20.7. The van der Waals surface area contributed by atoms with Crippen molar-refractivity contribution >= 4 is 22.9 Å². The summed E-state index contributed by atoms with van der Waals surface area (Å²) < 4.78 is 39.2. The predicted molar refractivity (Wildman–Crippen MR) is 109 cm³/mol. The molecule has 1 N–H and O–H groups in total. The Kier molecular flexibility index (Phi) is 6.43. The number of benzene rings is 2. The molecule has 0 aliphatic carbocycles. The summed E-state index contributed by atoms with van der Waals surface area (Å²) in [6.07, 6.45) is 0. The molecule has 1 aromatic heterocycles. The van der Waals surface area contributed by atoms with E-state index in [1.807, 2.05) is 13.8 Å². The van der Waals surface area contributed by atoms with E-state index in [0.29, 0.717) is 36.1 Å². The normalized spacial score (nSPS) is 10.7. The fraction of sp³-hybridized carbons (Fsp3) is 0.238. The molecule has 1 amide bonds. The van der Waals surface area contributed by atoms with Crippen molar-refractivity contribution in [2.75, 3.05) is 18.5 Å². The molecule has 8 heteroatoms. The number of anilines is 1. The number of thiazole rings is 1. The summed E-state index contributed by atoms with van der Waals surface area (Å²) in [5.41, 5.74) is 0.661. The van der Waals surface area contributed by atoms with Crippen LogP contribution in [-0.2, 0) is 0 Å². The van der Waals surface area contributed by atoms with Gasteiger partial charge >= 0.3 is 0 Å². The van der Waals surface area contributed by atoms with Gasteiger partial charge in [0, 0.05) is 11.8 Å². The standard InChI is InChI=1S/C21H20F2N2O3S/c1-4-27-16-10-9-13(11-17(16)28-5-2)25-20(26)19-12(3)24-21(29-19)18-14(22)7-6-8-15(18)23/h6-11H,4-5H2,1-3H3,(H,25,26). The summed E-state index contributed by atoms with van der Waals surface area (Å²) in [5.74, 6) is -0.771. The predicted octanol–water partition coefficient (Wildman–Crippen LogP) is 5.45.